The fraction of sp³-hybridized carbons (Fsp3) is 0.533. The molecule has 1 heterocycles. The van der Waals surface area contributed by atoms with Gasteiger partial charge in [0, 0.05) is 24.2 Å². The van der Waals surface area contributed by atoms with Crippen molar-refractivity contribution in [3.05, 3.63) is 35.4 Å². The molecular weight excluding hydrogens is 224 g/mol. The van der Waals surface area contributed by atoms with Gasteiger partial charge in [-0.15, -0.1) is 0 Å². The van der Waals surface area contributed by atoms with Gasteiger partial charge in [-0.2, -0.15) is 0 Å². The van der Waals surface area contributed by atoms with E-state index in [1.807, 2.05) is 29.2 Å². The molecule has 2 rings (SSSR count). The van der Waals surface area contributed by atoms with E-state index in [9.17, 15) is 4.79 Å². The molecule has 3 nitrogen and oxygen atoms in total. The normalized spacial score (nSPS) is 22.2. The van der Waals surface area contributed by atoms with E-state index in [1.165, 1.54) is 0 Å². The van der Waals surface area contributed by atoms with Crippen molar-refractivity contribution in [3.8, 4) is 0 Å². The van der Waals surface area contributed by atoms with Crippen LogP contribution in [0.25, 0.3) is 0 Å². The van der Waals surface area contributed by atoms with Gasteiger partial charge in [0.1, 0.15) is 0 Å². The third-order valence-electron chi connectivity index (χ3n) is 3.75. The molecule has 0 aromatic heterocycles. The molecule has 1 aromatic rings. The Kier molecular flexibility index (Phi) is 3.44. The van der Waals surface area contributed by atoms with Gasteiger partial charge in [0.2, 0.25) is 0 Å². The van der Waals surface area contributed by atoms with Crippen LogP contribution in [0, 0.1) is 5.92 Å². The summed E-state index contributed by atoms with van der Waals surface area (Å²) in [7, 11) is 0. The number of hydrogen-bond donors (Lipinski definition) is 1. The van der Waals surface area contributed by atoms with E-state index in [4.69, 9.17) is 5.73 Å². The van der Waals surface area contributed by atoms with Gasteiger partial charge in [-0.25, -0.2) is 0 Å². The Bertz CT molecular complexity index is 436. The largest absolute Gasteiger partial charge is 0.333 e. The molecule has 1 fully saturated rings. The van der Waals surface area contributed by atoms with Crippen LogP contribution in [-0.2, 0) is 6.54 Å². The molecule has 1 aromatic carbocycles. The molecule has 1 aliphatic rings. The van der Waals surface area contributed by atoms with E-state index >= 15 is 0 Å². The minimum atomic E-state index is -0.0387. The number of amides is 1. The quantitative estimate of drug-likeness (QED) is 0.871. The first-order valence-corrected chi connectivity index (χ1v) is 6.55. The van der Waals surface area contributed by atoms with Gasteiger partial charge in [0.15, 0.2) is 0 Å². The summed E-state index contributed by atoms with van der Waals surface area (Å²) in [6.45, 7) is 7.85. The van der Waals surface area contributed by atoms with Gasteiger partial charge in [-0.3, -0.25) is 4.79 Å². The Balaban J connectivity index is 2.20. The molecule has 1 unspecified atom stereocenters. The van der Waals surface area contributed by atoms with Crippen molar-refractivity contribution in [1.82, 2.24) is 4.90 Å². The first-order chi connectivity index (χ1) is 8.44. The van der Waals surface area contributed by atoms with Crippen LogP contribution in [0.5, 0.6) is 0 Å². The first-order valence-electron chi connectivity index (χ1n) is 6.55. The second-order valence-corrected chi connectivity index (χ2v) is 5.94. The number of nitrogens with two attached hydrogens (primary N) is 1. The third-order valence-corrected chi connectivity index (χ3v) is 3.75. The van der Waals surface area contributed by atoms with Crippen molar-refractivity contribution in [3.63, 3.8) is 0 Å². The number of rotatable bonds is 2. The fourth-order valence-electron chi connectivity index (χ4n) is 2.88. The minimum Gasteiger partial charge on any atom is -0.333 e. The Hall–Kier alpha value is -1.35. The van der Waals surface area contributed by atoms with Crippen LogP contribution in [0.1, 0.15) is 43.1 Å². The lowest BCUT2D eigenvalue weighted by Gasteiger charge is -2.31. The lowest BCUT2D eigenvalue weighted by Crippen LogP contribution is -2.42. The van der Waals surface area contributed by atoms with Crippen LogP contribution in [0.15, 0.2) is 24.3 Å². The summed E-state index contributed by atoms with van der Waals surface area (Å²) in [4.78, 5) is 14.5. The SMILES string of the molecule is CC1CN(C(=O)c2ccc(CN)cc2)C(C)(C)C1. The summed E-state index contributed by atoms with van der Waals surface area (Å²) in [5.41, 5.74) is 7.34. The average molecular weight is 246 g/mol. The summed E-state index contributed by atoms with van der Waals surface area (Å²) in [6.07, 6.45) is 1.07. The fourth-order valence-corrected chi connectivity index (χ4v) is 2.88. The van der Waals surface area contributed by atoms with Crippen molar-refractivity contribution in [2.24, 2.45) is 11.7 Å². The zero-order valence-electron chi connectivity index (χ0n) is 11.4. The van der Waals surface area contributed by atoms with E-state index in [0.717, 1.165) is 24.1 Å². The number of carbonyl (C=O) groups excluding carboxylic acids is 1. The summed E-state index contributed by atoms with van der Waals surface area (Å²) >= 11 is 0. The van der Waals surface area contributed by atoms with Gasteiger partial charge < -0.3 is 10.6 Å². The van der Waals surface area contributed by atoms with E-state index in [0.29, 0.717) is 12.5 Å². The molecule has 1 saturated heterocycles. The van der Waals surface area contributed by atoms with Crippen LogP contribution >= 0.6 is 0 Å². The van der Waals surface area contributed by atoms with Gasteiger partial charge in [0.05, 0.1) is 0 Å². The summed E-state index contributed by atoms with van der Waals surface area (Å²) < 4.78 is 0. The first kappa shape index (κ1) is 13.1. The van der Waals surface area contributed by atoms with Gasteiger partial charge in [0.25, 0.3) is 5.91 Å². The molecule has 1 amide bonds. The molecule has 1 atom stereocenters. The molecule has 0 radical (unpaired) electrons. The second kappa shape index (κ2) is 4.73. The minimum absolute atomic E-state index is 0.0387. The lowest BCUT2D eigenvalue weighted by molar-refractivity contribution is 0.0650. The van der Waals surface area contributed by atoms with Crippen LogP contribution in [0.3, 0.4) is 0 Å². The number of hydrogen-bond acceptors (Lipinski definition) is 2. The maximum Gasteiger partial charge on any atom is 0.254 e. The Morgan fingerprint density at radius 2 is 2.00 bits per heavy atom. The summed E-state index contributed by atoms with van der Waals surface area (Å²) in [6, 6.07) is 7.62. The van der Waals surface area contributed by atoms with Gasteiger partial charge in [-0.1, -0.05) is 19.1 Å². The highest BCUT2D eigenvalue weighted by molar-refractivity contribution is 5.95. The predicted molar refractivity (Wildman–Crippen MR) is 73.2 cm³/mol. The number of carbonyl (C=O) groups is 1. The molecule has 3 heteroatoms. The molecule has 2 N–H and O–H groups in total. The highest BCUT2D eigenvalue weighted by Crippen LogP contribution is 2.33. The number of benzene rings is 1. The Morgan fingerprint density at radius 1 is 1.39 bits per heavy atom. The third kappa shape index (κ3) is 2.41. The maximum atomic E-state index is 12.5. The maximum absolute atomic E-state index is 12.5. The highest BCUT2D eigenvalue weighted by Gasteiger charge is 2.39. The van der Waals surface area contributed by atoms with Gasteiger partial charge in [-0.05, 0) is 43.9 Å². The average Bonchev–Trinajstić information content (AvgIpc) is 2.61. The Morgan fingerprint density at radius 3 is 2.44 bits per heavy atom. The molecule has 0 spiro atoms. The predicted octanol–water partition coefficient (Wildman–Crippen LogP) is 2.41. The number of likely N-dealkylation sites (tertiary alicyclic amines) is 1. The monoisotopic (exact) mass is 246 g/mol. The van der Waals surface area contributed by atoms with E-state index in [-0.39, 0.29) is 11.4 Å². The van der Waals surface area contributed by atoms with Crippen molar-refractivity contribution in [2.45, 2.75) is 39.3 Å². The molecule has 98 valence electrons. The van der Waals surface area contributed by atoms with Crippen LogP contribution < -0.4 is 5.73 Å². The molecule has 18 heavy (non-hydrogen) atoms. The highest BCUT2D eigenvalue weighted by atomic mass is 16.2. The van der Waals surface area contributed by atoms with Gasteiger partial charge >= 0.3 is 0 Å². The zero-order chi connectivity index (χ0) is 13.3. The summed E-state index contributed by atoms with van der Waals surface area (Å²) in [5, 5.41) is 0. The van der Waals surface area contributed by atoms with E-state index < -0.39 is 0 Å². The van der Waals surface area contributed by atoms with E-state index in [1.54, 1.807) is 0 Å². The van der Waals surface area contributed by atoms with Crippen molar-refractivity contribution >= 4 is 5.91 Å². The van der Waals surface area contributed by atoms with E-state index in [2.05, 4.69) is 20.8 Å². The van der Waals surface area contributed by atoms with Crippen LogP contribution in [0.2, 0.25) is 0 Å². The zero-order valence-corrected chi connectivity index (χ0v) is 11.4. The topological polar surface area (TPSA) is 46.3 Å². The number of nitrogens with zero attached hydrogens (tertiary/aromatic N) is 1. The lowest BCUT2D eigenvalue weighted by atomic mass is 9.97. The molecular formula is C15H22N2O. The van der Waals surface area contributed by atoms with Crippen molar-refractivity contribution in [1.29, 1.82) is 0 Å². The standard InChI is InChI=1S/C15H22N2O/c1-11-8-15(2,3)17(10-11)14(18)13-6-4-12(9-16)5-7-13/h4-7,11H,8-10,16H2,1-3H3. The van der Waals surface area contributed by atoms with Crippen LogP contribution in [-0.4, -0.2) is 22.9 Å². The Labute approximate surface area is 109 Å². The second-order valence-electron chi connectivity index (χ2n) is 5.94. The smallest absolute Gasteiger partial charge is 0.254 e. The molecule has 0 saturated carbocycles. The summed E-state index contributed by atoms with van der Waals surface area (Å²) in [5.74, 6) is 0.709. The van der Waals surface area contributed by atoms with Crippen LogP contribution in [0.4, 0.5) is 0 Å². The molecule has 0 bridgehead atoms. The van der Waals surface area contributed by atoms with Crippen molar-refractivity contribution < 1.29 is 4.79 Å². The molecule has 1 aliphatic heterocycles. The molecule has 0 aliphatic carbocycles. The van der Waals surface area contributed by atoms with Crippen molar-refractivity contribution in [2.75, 3.05) is 6.54 Å².